The van der Waals surface area contributed by atoms with Crippen LogP contribution in [0.3, 0.4) is 0 Å². The van der Waals surface area contributed by atoms with Crippen molar-refractivity contribution >= 4 is 52.1 Å². The van der Waals surface area contributed by atoms with E-state index in [4.69, 9.17) is 23.7 Å². The molecule has 7 nitrogen and oxygen atoms in total. The Morgan fingerprint density at radius 3 is 1.67 bits per heavy atom. The second-order valence-electron chi connectivity index (χ2n) is 18.3. The van der Waals surface area contributed by atoms with Crippen LogP contribution in [0.1, 0.15) is 105 Å². The summed E-state index contributed by atoms with van der Waals surface area (Å²) in [6, 6.07) is 18.5. The van der Waals surface area contributed by atoms with Crippen molar-refractivity contribution in [3.05, 3.63) is 130 Å². The van der Waals surface area contributed by atoms with Crippen LogP contribution in [-0.4, -0.2) is 36.6 Å². The van der Waals surface area contributed by atoms with Crippen molar-refractivity contribution in [3.63, 3.8) is 0 Å². The van der Waals surface area contributed by atoms with Gasteiger partial charge in [0.15, 0.2) is 0 Å². The number of esters is 2. The Balaban J connectivity index is 0.000000813. The average Bonchev–Trinajstić information content (AvgIpc) is 3.03. The third-order valence-electron chi connectivity index (χ3n) is 8.17. The van der Waals surface area contributed by atoms with E-state index in [2.05, 4.69) is 111 Å². The number of rotatable bonds is 10. The van der Waals surface area contributed by atoms with Crippen molar-refractivity contribution in [1.82, 2.24) is 0 Å². The number of carbonyl (C=O) groups excluding carboxylic acids is 2. The minimum Gasteiger partial charge on any atom is -0.519 e. The molecule has 0 bridgehead atoms. The fourth-order valence-electron chi connectivity index (χ4n) is 4.21. The van der Waals surface area contributed by atoms with E-state index in [0.717, 1.165) is 26.5 Å². The summed E-state index contributed by atoms with van der Waals surface area (Å²) in [5, 5.41) is 8.91. The van der Waals surface area contributed by atoms with E-state index >= 15 is 0 Å². The molecule has 3 rings (SSSR count). The predicted molar refractivity (Wildman–Crippen MR) is 252 cm³/mol. The number of benzene rings is 3. The lowest BCUT2D eigenvalue weighted by atomic mass is 9.97. The molecular weight excluding hydrogens is 876 g/mol. The van der Waals surface area contributed by atoms with Gasteiger partial charge in [0.25, 0.3) is 14.3 Å². The van der Waals surface area contributed by atoms with Gasteiger partial charge in [-0.05, 0) is 172 Å². The van der Waals surface area contributed by atoms with Crippen molar-refractivity contribution in [2.75, 3.05) is 0 Å². The van der Waals surface area contributed by atoms with E-state index in [9.17, 15) is 9.59 Å². The maximum Gasteiger partial charge on any atom is 0.316 e. The first-order valence-electron chi connectivity index (χ1n) is 19.3. The predicted octanol–water partition coefficient (Wildman–Crippen LogP) is 14.2. The molecule has 0 fully saturated rings. The number of aryl methyl sites for hydroxylation is 1. The van der Waals surface area contributed by atoms with Crippen LogP contribution in [-0.2, 0) is 42.8 Å². The van der Waals surface area contributed by atoms with Gasteiger partial charge < -0.3 is 23.7 Å². The normalized spacial score (nSPS) is 11.5. The lowest BCUT2D eigenvalue weighted by Gasteiger charge is -2.37. The third-order valence-corrected chi connectivity index (χ3v) is 13.5. The molecule has 0 heterocycles. The van der Waals surface area contributed by atoms with Crippen molar-refractivity contribution in [1.29, 1.82) is 0 Å². The number of phenols is 1. The summed E-state index contributed by atoms with van der Waals surface area (Å²) in [7, 11) is -1.79. The minimum atomic E-state index is -1.79. The highest BCUT2D eigenvalue weighted by Gasteiger charge is 2.40. The van der Waals surface area contributed by atoms with Crippen molar-refractivity contribution in [2.24, 2.45) is 5.41 Å². The molecule has 1 N–H and O–H groups in total. The first kappa shape index (κ1) is 54.4. The maximum absolute atomic E-state index is 12.1. The lowest BCUT2D eigenvalue weighted by molar-refractivity contribution is -0.154. The van der Waals surface area contributed by atoms with Crippen molar-refractivity contribution < 1.29 is 33.3 Å². The number of allylic oxidation sites excluding steroid dienone is 2. The van der Waals surface area contributed by atoms with Gasteiger partial charge in [0.05, 0.1) is 11.8 Å². The highest BCUT2D eigenvalue weighted by molar-refractivity contribution is 9.10. The number of hydrogen-bond acceptors (Lipinski definition) is 7. The van der Waals surface area contributed by atoms with Crippen LogP contribution < -0.4 is 4.74 Å². The number of ether oxygens (including phenoxy) is 3. The number of hydrogen-bond donors (Lipinski definition) is 1. The summed E-state index contributed by atoms with van der Waals surface area (Å²) in [6.07, 6.45) is 5.34. The van der Waals surface area contributed by atoms with Crippen LogP contribution >= 0.6 is 31.9 Å². The molecule has 0 aliphatic rings. The van der Waals surface area contributed by atoms with Gasteiger partial charge in [-0.3, -0.25) is 9.59 Å². The third kappa shape index (κ3) is 23.7. The molecule has 58 heavy (non-hydrogen) atoms. The molecule has 0 saturated carbocycles. The zero-order valence-corrected chi connectivity index (χ0v) is 42.0. The number of halogens is 2. The largest absolute Gasteiger partial charge is 0.519 e. The van der Waals surface area contributed by atoms with Gasteiger partial charge in [-0.1, -0.05) is 83.0 Å². The molecule has 322 valence electrons. The summed E-state index contributed by atoms with van der Waals surface area (Å²) in [4.78, 5) is 24.1. The first-order valence-corrected chi connectivity index (χ1v) is 23.8. The number of phenolic OH excluding ortho intramolecular Hbond substituents is 1. The summed E-state index contributed by atoms with van der Waals surface area (Å²) < 4.78 is 24.4. The van der Waals surface area contributed by atoms with Gasteiger partial charge in [0.1, 0.15) is 22.7 Å². The Labute approximate surface area is 368 Å². The van der Waals surface area contributed by atoms with E-state index in [-0.39, 0.29) is 29.0 Å². The van der Waals surface area contributed by atoms with Crippen LogP contribution in [0, 0.1) is 12.3 Å². The van der Waals surface area contributed by atoms with E-state index in [1.807, 2.05) is 53.7 Å². The zero-order valence-electron chi connectivity index (χ0n) is 37.8. The second kappa shape index (κ2) is 23.9. The van der Waals surface area contributed by atoms with Gasteiger partial charge in [-0.15, -0.1) is 13.2 Å². The SMILES string of the molecule is C=C(OC(C)(C)C)O[Si](C)(C)C(C)(C)C.C=CCc1cc(Br)ccc1C.C=CCc1cc(CC(=O)OC(C)(C)C)ccc1OC(=O)C(C)(C)C.Oc1ccc(Br)cc1. The smallest absolute Gasteiger partial charge is 0.316 e. The molecule has 0 saturated heterocycles. The molecule has 10 heteroatoms. The van der Waals surface area contributed by atoms with E-state index in [1.54, 1.807) is 63.2 Å². The van der Waals surface area contributed by atoms with Crippen molar-refractivity contribution in [3.8, 4) is 11.5 Å². The summed E-state index contributed by atoms with van der Waals surface area (Å²) in [5.74, 6) is 0.671. The van der Waals surface area contributed by atoms with Gasteiger partial charge >= 0.3 is 11.9 Å². The quantitative estimate of drug-likeness (QED) is 0.0712. The first-order chi connectivity index (χ1) is 26.3. The van der Waals surface area contributed by atoms with Gasteiger partial charge in [-0.2, -0.15) is 0 Å². The Morgan fingerprint density at radius 2 is 1.22 bits per heavy atom. The molecule has 3 aromatic carbocycles. The fourth-order valence-corrected chi connectivity index (χ4v) is 5.80. The Bertz CT molecular complexity index is 1770. The monoisotopic (exact) mass is 944 g/mol. The Morgan fingerprint density at radius 1 is 0.724 bits per heavy atom. The van der Waals surface area contributed by atoms with Gasteiger partial charge in [-0.25, -0.2) is 0 Å². The van der Waals surface area contributed by atoms with Crippen LogP contribution in [0.5, 0.6) is 11.5 Å². The zero-order chi connectivity index (χ0) is 45.3. The standard InChI is InChI=1S/C20H28O4.C12H26O2Si.C10H11Br.C6H5BrO/c1-8-9-15-12-14(13-17(21)24-20(5,6)7)10-11-16(15)23-18(22)19(2,3)4;1-10(13-11(2,3)4)14-15(8,9)12(5,6)7;1-3-4-9-7-10(11)6-5-8(9)2;7-5-1-3-6(8)4-2-5/h8,10-12H,1,9,13H2,2-7H3;1H2,2-9H3;3,5-7H,1,4H2,2H3;1-4,8H. The molecule has 0 unspecified atom stereocenters. The molecule has 0 aromatic heterocycles. The second-order valence-corrected chi connectivity index (χ2v) is 24.9. The molecule has 0 spiro atoms. The molecule has 0 aliphatic heterocycles. The number of carbonyl (C=O) groups is 2. The van der Waals surface area contributed by atoms with Gasteiger partial charge in [0, 0.05) is 8.95 Å². The maximum atomic E-state index is 12.1. The minimum absolute atomic E-state index is 0.176. The highest BCUT2D eigenvalue weighted by atomic mass is 79.9. The van der Waals surface area contributed by atoms with Crippen LogP contribution in [0.2, 0.25) is 18.1 Å². The highest BCUT2D eigenvalue weighted by Crippen LogP contribution is 2.38. The van der Waals surface area contributed by atoms with Crippen molar-refractivity contribution in [2.45, 2.75) is 139 Å². The van der Waals surface area contributed by atoms with Crippen LogP contribution in [0.4, 0.5) is 0 Å². The molecule has 0 atom stereocenters. The average molecular weight is 947 g/mol. The fraction of sp³-hybridized carbons (Fsp3) is 0.458. The van der Waals surface area contributed by atoms with Gasteiger partial charge in [0.2, 0.25) is 0 Å². The van der Waals surface area contributed by atoms with Crippen LogP contribution in [0.25, 0.3) is 0 Å². The number of aromatic hydroxyl groups is 1. The molecule has 0 aliphatic carbocycles. The molecule has 0 amide bonds. The summed E-state index contributed by atoms with van der Waals surface area (Å²) in [6.45, 7) is 41.3. The molecular formula is C48H70Br2O7Si. The Hall–Kier alpha value is -3.60. The summed E-state index contributed by atoms with van der Waals surface area (Å²) >= 11 is 6.67. The van der Waals surface area contributed by atoms with Crippen LogP contribution in [0.15, 0.2) is 107 Å². The topological polar surface area (TPSA) is 91.3 Å². The molecule has 0 radical (unpaired) electrons. The van der Waals surface area contributed by atoms with E-state index in [1.165, 1.54) is 11.1 Å². The van der Waals surface area contributed by atoms with E-state index in [0.29, 0.717) is 23.9 Å². The Kier molecular flexibility index (Phi) is 22.4. The lowest BCUT2D eigenvalue weighted by Crippen LogP contribution is -2.41. The molecule has 3 aromatic rings. The van der Waals surface area contributed by atoms with E-state index < -0.39 is 19.3 Å². The summed E-state index contributed by atoms with van der Waals surface area (Å²) in [5.41, 5.74) is 2.98.